The van der Waals surface area contributed by atoms with Gasteiger partial charge in [0.15, 0.2) is 0 Å². The fourth-order valence-electron chi connectivity index (χ4n) is 1.51. The van der Waals surface area contributed by atoms with Gasteiger partial charge in [0.05, 0.1) is 28.5 Å². The summed E-state index contributed by atoms with van der Waals surface area (Å²) in [6, 6.07) is 5.25. The van der Waals surface area contributed by atoms with Crippen LogP contribution in [0.3, 0.4) is 0 Å². The van der Waals surface area contributed by atoms with Gasteiger partial charge >= 0.3 is 12.0 Å². The highest BCUT2D eigenvalue weighted by molar-refractivity contribution is 6.34. The van der Waals surface area contributed by atoms with E-state index in [9.17, 15) is 9.59 Å². The van der Waals surface area contributed by atoms with Gasteiger partial charge in [-0.15, -0.1) is 0 Å². The Labute approximate surface area is 125 Å². The molecule has 108 valence electrons. The zero-order valence-electron chi connectivity index (χ0n) is 10.7. The van der Waals surface area contributed by atoms with E-state index < -0.39 is 12.0 Å². The van der Waals surface area contributed by atoms with E-state index in [0.29, 0.717) is 11.4 Å². The SMILES string of the molecule is O=C(NCc1ccncn1)Nc1ccc(C(=O)O)cc1Cl. The summed E-state index contributed by atoms with van der Waals surface area (Å²) in [5.41, 5.74) is 1.03. The van der Waals surface area contributed by atoms with Crippen LogP contribution in [0.4, 0.5) is 10.5 Å². The van der Waals surface area contributed by atoms with Gasteiger partial charge in [0.25, 0.3) is 0 Å². The normalized spacial score (nSPS) is 9.95. The molecule has 0 aliphatic rings. The molecule has 0 aliphatic carbocycles. The van der Waals surface area contributed by atoms with Crippen molar-refractivity contribution in [1.82, 2.24) is 15.3 Å². The highest BCUT2D eigenvalue weighted by atomic mass is 35.5. The van der Waals surface area contributed by atoms with Crippen molar-refractivity contribution < 1.29 is 14.7 Å². The van der Waals surface area contributed by atoms with Gasteiger partial charge in [0.2, 0.25) is 0 Å². The third kappa shape index (κ3) is 4.15. The maximum atomic E-state index is 11.7. The number of amides is 2. The number of carboxylic acids is 1. The number of nitrogens with one attached hydrogen (secondary N) is 2. The second kappa shape index (κ2) is 6.67. The highest BCUT2D eigenvalue weighted by Crippen LogP contribution is 2.22. The van der Waals surface area contributed by atoms with E-state index in [-0.39, 0.29) is 17.1 Å². The summed E-state index contributed by atoms with van der Waals surface area (Å²) in [5.74, 6) is -1.09. The molecule has 3 N–H and O–H groups in total. The van der Waals surface area contributed by atoms with Crippen LogP contribution >= 0.6 is 11.6 Å². The van der Waals surface area contributed by atoms with Crippen LogP contribution in [0, 0.1) is 0 Å². The summed E-state index contributed by atoms with van der Waals surface area (Å²) in [7, 11) is 0. The molecule has 0 atom stereocenters. The first-order valence-electron chi connectivity index (χ1n) is 5.89. The molecule has 1 heterocycles. The average Bonchev–Trinajstić information content (AvgIpc) is 2.48. The third-order valence-corrected chi connectivity index (χ3v) is 2.85. The molecule has 0 saturated heterocycles. The first kappa shape index (κ1) is 14.7. The molecule has 8 heteroatoms. The van der Waals surface area contributed by atoms with Gasteiger partial charge in [0, 0.05) is 6.20 Å². The number of benzene rings is 1. The monoisotopic (exact) mass is 306 g/mol. The second-order valence-corrected chi connectivity index (χ2v) is 4.42. The lowest BCUT2D eigenvalue weighted by Gasteiger charge is -2.09. The molecule has 0 bridgehead atoms. The lowest BCUT2D eigenvalue weighted by Crippen LogP contribution is -2.28. The van der Waals surface area contributed by atoms with Crippen molar-refractivity contribution in [3.05, 3.63) is 53.1 Å². The van der Waals surface area contributed by atoms with E-state index in [2.05, 4.69) is 20.6 Å². The van der Waals surface area contributed by atoms with Crippen LogP contribution in [0.5, 0.6) is 0 Å². The van der Waals surface area contributed by atoms with Gasteiger partial charge in [0.1, 0.15) is 6.33 Å². The van der Waals surface area contributed by atoms with Crippen molar-refractivity contribution in [2.24, 2.45) is 0 Å². The first-order valence-corrected chi connectivity index (χ1v) is 6.26. The maximum absolute atomic E-state index is 11.7. The largest absolute Gasteiger partial charge is 0.478 e. The van der Waals surface area contributed by atoms with Crippen LogP contribution in [0.1, 0.15) is 16.1 Å². The molecule has 1 aromatic carbocycles. The Kier molecular flexibility index (Phi) is 4.68. The number of aromatic carboxylic acids is 1. The van der Waals surface area contributed by atoms with Gasteiger partial charge in [-0.05, 0) is 24.3 Å². The summed E-state index contributed by atoms with van der Waals surface area (Å²) in [6.07, 6.45) is 2.96. The summed E-state index contributed by atoms with van der Waals surface area (Å²) in [4.78, 5) is 30.2. The van der Waals surface area contributed by atoms with E-state index in [0.717, 1.165) is 0 Å². The quantitative estimate of drug-likeness (QED) is 0.803. The molecule has 2 aromatic rings. The molecule has 2 amide bonds. The molecule has 21 heavy (non-hydrogen) atoms. The van der Waals surface area contributed by atoms with Crippen LogP contribution in [0.15, 0.2) is 36.8 Å². The van der Waals surface area contributed by atoms with Crippen LogP contribution in [-0.2, 0) is 6.54 Å². The number of carbonyl (C=O) groups is 2. The predicted molar refractivity (Wildman–Crippen MR) is 76.3 cm³/mol. The Hall–Kier alpha value is -2.67. The molecule has 1 aromatic heterocycles. The topological polar surface area (TPSA) is 104 Å². The number of nitrogens with zero attached hydrogens (tertiary/aromatic N) is 2. The predicted octanol–water partition coefficient (Wildman–Crippen LogP) is 2.15. The first-order chi connectivity index (χ1) is 10.1. The number of carboxylic acid groups (broad SMARTS) is 1. The number of urea groups is 1. The standard InChI is InChI=1S/C13H11ClN4O3/c14-10-5-8(12(19)20)1-2-11(10)18-13(21)16-6-9-3-4-15-7-17-9/h1-5,7H,6H2,(H,19,20)(H2,16,18,21). The fraction of sp³-hybridized carbons (Fsp3) is 0.0769. The van der Waals surface area contributed by atoms with Gasteiger partial charge in [-0.1, -0.05) is 11.6 Å². The molecule has 0 fully saturated rings. The minimum Gasteiger partial charge on any atom is -0.478 e. The van der Waals surface area contributed by atoms with E-state index in [1.165, 1.54) is 24.5 Å². The molecule has 0 radical (unpaired) electrons. The summed E-state index contributed by atoms with van der Waals surface area (Å²) in [6.45, 7) is 0.235. The number of aromatic nitrogens is 2. The van der Waals surface area contributed by atoms with E-state index in [1.807, 2.05) is 0 Å². The van der Waals surface area contributed by atoms with Crippen LogP contribution < -0.4 is 10.6 Å². The fourth-order valence-corrected chi connectivity index (χ4v) is 1.74. The minimum atomic E-state index is -1.09. The second-order valence-electron chi connectivity index (χ2n) is 4.01. The number of rotatable bonds is 4. The van der Waals surface area contributed by atoms with Gasteiger partial charge in [-0.25, -0.2) is 19.6 Å². The molecule has 0 aliphatic heterocycles. The van der Waals surface area contributed by atoms with E-state index in [1.54, 1.807) is 12.3 Å². The number of halogens is 1. The Morgan fingerprint density at radius 3 is 2.71 bits per heavy atom. The van der Waals surface area contributed by atoms with Crippen LogP contribution in [0.25, 0.3) is 0 Å². The highest BCUT2D eigenvalue weighted by Gasteiger charge is 2.09. The Morgan fingerprint density at radius 1 is 1.29 bits per heavy atom. The smallest absolute Gasteiger partial charge is 0.335 e. The Bertz CT molecular complexity index is 664. The molecule has 0 unspecified atom stereocenters. The summed E-state index contributed by atoms with van der Waals surface area (Å²) in [5, 5.41) is 14.1. The number of anilines is 1. The zero-order chi connectivity index (χ0) is 15.2. The van der Waals surface area contributed by atoms with Crippen molar-refractivity contribution in [3.8, 4) is 0 Å². The van der Waals surface area contributed by atoms with E-state index in [4.69, 9.17) is 16.7 Å². The average molecular weight is 307 g/mol. The summed E-state index contributed by atoms with van der Waals surface area (Å²) < 4.78 is 0. The van der Waals surface area contributed by atoms with E-state index >= 15 is 0 Å². The van der Waals surface area contributed by atoms with Crippen molar-refractivity contribution >= 4 is 29.3 Å². The lowest BCUT2D eigenvalue weighted by molar-refractivity contribution is 0.0697. The van der Waals surface area contributed by atoms with Crippen LogP contribution in [-0.4, -0.2) is 27.1 Å². The Balaban J connectivity index is 1.95. The molecular formula is C13H11ClN4O3. The van der Waals surface area contributed by atoms with Crippen molar-refractivity contribution in [3.63, 3.8) is 0 Å². The van der Waals surface area contributed by atoms with Crippen LogP contribution in [0.2, 0.25) is 5.02 Å². The van der Waals surface area contributed by atoms with Gasteiger partial charge < -0.3 is 15.7 Å². The van der Waals surface area contributed by atoms with Crippen molar-refractivity contribution in [1.29, 1.82) is 0 Å². The van der Waals surface area contributed by atoms with Gasteiger partial charge in [-0.3, -0.25) is 0 Å². The molecule has 7 nitrogen and oxygen atoms in total. The molecule has 0 saturated carbocycles. The Morgan fingerprint density at radius 2 is 2.10 bits per heavy atom. The molecule has 0 spiro atoms. The molecule has 2 rings (SSSR count). The van der Waals surface area contributed by atoms with Gasteiger partial charge in [-0.2, -0.15) is 0 Å². The maximum Gasteiger partial charge on any atom is 0.335 e. The number of carbonyl (C=O) groups excluding carboxylic acids is 1. The van der Waals surface area contributed by atoms with Crippen molar-refractivity contribution in [2.45, 2.75) is 6.54 Å². The molecular weight excluding hydrogens is 296 g/mol. The number of hydrogen-bond acceptors (Lipinski definition) is 4. The number of hydrogen-bond donors (Lipinski definition) is 3. The third-order valence-electron chi connectivity index (χ3n) is 2.54. The minimum absolute atomic E-state index is 0.0481. The van der Waals surface area contributed by atoms with Crippen molar-refractivity contribution in [2.75, 3.05) is 5.32 Å². The lowest BCUT2D eigenvalue weighted by atomic mass is 10.2. The zero-order valence-corrected chi connectivity index (χ0v) is 11.5. The summed E-state index contributed by atoms with van der Waals surface area (Å²) >= 11 is 5.91.